The average Bonchev–Trinajstić information content (AvgIpc) is 2.56. The molecule has 2 aromatic rings. The first-order valence-corrected chi connectivity index (χ1v) is 5.94. The second-order valence-corrected chi connectivity index (χ2v) is 4.89. The van der Waals surface area contributed by atoms with E-state index in [0.29, 0.717) is 26.3 Å². The van der Waals surface area contributed by atoms with E-state index in [-0.39, 0.29) is 0 Å². The summed E-state index contributed by atoms with van der Waals surface area (Å²) in [5.41, 5.74) is 1.08. The van der Waals surface area contributed by atoms with Gasteiger partial charge < -0.3 is 5.11 Å². The molecule has 0 radical (unpaired) electrons. The third-order valence-corrected chi connectivity index (χ3v) is 3.12. The van der Waals surface area contributed by atoms with Crippen molar-refractivity contribution in [2.45, 2.75) is 6.10 Å². The zero-order valence-electron chi connectivity index (χ0n) is 8.86. The molecular formula is C11H9Cl3N2O. The highest BCUT2D eigenvalue weighted by Crippen LogP contribution is 2.30. The van der Waals surface area contributed by atoms with Gasteiger partial charge in [-0.05, 0) is 23.8 Å². The highest BCUT2D eigenvalue weighted by Gasteiger charge is 2.19. The maximum atomic E-state index is 10.2. The molecule has 0 spiro atoms. The van der Waals surface area contributed by atoms with Crippen LogP contribution in [0, 0.1) is 0 Å². The lowest BCUT2D eigenvalue weighted by atomic mass is 10.1. The van der Waals surface area contributed by atoms with Crippen molar-refractivity contribution >= 4 is 34.8 Å². The van der Waals surface area contributed by atoms with Gasteiger partial charge in [-0.2, -0.15) is 5.10 Å². The second-order valence-electron chi connectivity index (χ2n) is 3.61. The van der Waals surface area contributed by atoms with Crippen molar-refractivity contribution in [3.8, 4) is 0 Å². The minimum absolute atomic E-state index is 0.399. The number of rotatable bonds is 2. The number of aliphatic hydroxyl groups is 1. The van der Waals surface area contributed by atoms with Crippen LogP contribution in [0.3, 0.4) is 0 Å². The molecule has 0 saturated heterocycles. The molecule has 3 nitrogen and oxygen atoms in total. The first-order valence-electron chi connectivity index (χ1n) is 4.80. The molecule has 2 rings (SSSR count). The fourth-order valence-electron chi connectivity index (χ4n) is 1.62. The van der Waals surface area contributed by atoms with E-state index in [0.717, 1.165) is 0 Å². The normalized spacial score (nSPS) is 12.8. The van der Waals surface area contributed by atoms with Crippen molar-refractivity contribution in [3.05, 3.63) is 50.7 Å². The van der Waals surface area contributed by atoms with Crippen LogP contribution < -0.4 is 0 Å². The average molecular weight is 292 g/mol. The summed E-state index contributed by atoms with van der Waals surface area (Å²) in [5.74, 6) is 0. The van der Waals surface area contributed by atoms with Crippen LogP contribution in [-0.2, 0) is 7.05 Å². The summed E-state index contributed by atoms with van der Waals surface area (Å²) in [4.78, 5) is 0. The Balaban J connectivity index is 2.47. The molecule has 0 aliphatic rings. The molecule has 0 fully saturated rings. The molecule has 0 amide bonds. The monoisotopic (exact) mass is 290 g/mol. The zero-order chi connectivity index (χ0) is 12.6. The summed E-state index contributed by atoms with van der Waals surface area (Å²) < 4.78 is 1.52. The van der Waals surface area contributed by atoms with Gasteiger partial charge in [0.2, 0.25) is 0 Å². The lowest BCUT2D eigenvalue weighted by molar-refractivity contribution is 0.210. The quantitative estimate of drug-likeness (QED) is 0.920. The number of aliphatic hydroxyl groups excluding tert-OH is 1. The molecule has 0 bridgehead atoms. The van der Waals surface area contributed by atoms with Crippen LogP contribution in [-0.4, -0.2) is 14.9 Å². The molecule has 0 saturated carbocycles. The fourth-order valence-corrected chi connectivity index (χ4v) is 2.43. The maximum absolute atomic E-state index is 10.2. The number of aromatic nitrogens is 2. The molecule has 0 aliphatic heterocycles. The summed E-state index contributed by atoms with van der Waals surface area (Å²) in [6, 6.07) is 4.88. The van der Waals surface area contributed by atoms with Crippen molar-refractivity contribution in [1.82, 2.24) is 9.78 Å². The van der Waals surface area contributed by atoms with Gasteiger partial charge in [0.25, 0.3) is 0 Å². The van der Waals surface area contributed by atoms with E-state index < -0.39 is 6.10 Å². The molecule has 1 N–H and O–H groups in total. The predicted molar refractivity (Wildman–Crippen MR) is 68.7 cm³/mol. The SMILES string of the molecule is Cn1ncc(Cl)c1C(O)c1cc(Cl)cc(Cl)c1. The Morgan fingerprint density at radius 3 is 2.24 bits per heavy atom. The topological polar surface area (TPSA) is 38.0 Å². The smallest absolute Gasteiger partial charge is 0.122 e. The van der Waals surface area contributed by atoms with Crippen LogP contribution in [0.4, 0.5) is 0 Å². The molecule has 90 valence electrons. The Morgan fingerprint density at radius 2 is 1.76 bits per heavy atom. The van der Waals surface area contributed by atoms with Crippen molar-refractivity contribution in [2.75, 3.05) is 0 Å². The van der Waals surface area contributed by atoms with Crippen LogP contribution in [0.5, 0.6) is 0 Å². The van der Waals surface area contributed by atoms with Gasteiger partial charge in [0.05, 0.1) is 16.9 Å². The van der Waals surface area contributed by atoms with Gasteiger partial charge in [-0.1, -0.05) is 34.8 Å². The molecule has 1 heterocycles. The van der Waals surface area contributed by atoms with E-state index in [1.807, 2.05) is 0 Å². The van der Waals surface area contributed by atoms with Crippen molar-refractivity contribution < 1.29 is 5.11 Å². The van der Waals surface area contributed by atoms with Crippen molar-refractivity contribution in [3.63, 3.8) is 0 Å². The molecule has 6 heteroatoms. The molecule has 1 aromatic heterocycles. The van der Waals surface area contributed by atoms with Crippen LogP contribution >= 0.6 is 34.8 Å². The van der Waals surface area contributed by atoms with Gasteiger partial charge in [-0.3, -0.25) is 4.68 Å². The maximum Gasteiger partial charge on any atom is 0.122 e. The number of benzene rings is 1. The van der Waals surface area contributed by atoms with E-state index in [1.54, 1.807) is 25.2 Å². The van der Waals surface area contributed by atoms with Crippen molar-refractivity contribution in [1.29, 1.82) is 0 Å². The van der Waals surface area contributed by atoms with Gasteiger partial charge >= 0.3 is 0 Å². The third kappa shape index (κ3) is 2.58. The summed E-state index contributed by atoms with van der Waals surface area (Å²) in [6.45, 7) is 0. The minimum Gasteiger partial charge on any atom is -0.382 e. The van der Waals surface area contributed by atoms with Crippen LogP contribution in [0.2, 0.25) is 15.1 Å². The lowest BCUT2D eigenvalue weighted by Crippen LogP contribution is -2.07. The van der Waals surface area contributed by atoms with E-state index in [2.05, 4.69) is 5.10 Å². The van der Waals surface area contributed by atoms with E-state index >= 15 is 0 Å². The zero-order valence-corrected chi connectivity index (χ0v) is 11.1. The minimum atomic E-state index is -0.911. The van der Waals surface area contributed by atoms with Gasteiger partial charge in [-0.25, -0.2) is 0 Å². The van der Waals surface area contributed by atoms with Gasteiger partial charge in [-0.15, -0.1) is 0 Å². The van der Waals surface area contributed by atoms with Gasteiger partial charge in [0.1, 0.15) is 6.10 Å². The number of halogens is 3. The second kappa shape index (κ2) is 4.86. The molecule has 1 unspecified atom stereocenters. The predicted octanol–water partition coefficient (Wildman–Crippen LogP) is 3.46. The highest BCUT2D eigenvalue weighted by atomic mass is 35.5. The highest BCUT2D eigenvalue weighted by molar-refractivity contribution is 6.34. The van der Waals surface area contributed by atoms with Crippen molar-refractivity contribution in [2.24, 2.45) is 7.05 Å². The fraction of sp³-hybridized carbons (Fsp3) is 0.182. The Kier molecular flexibility index (Phi) is 3.64. The summed E-state index contributed by atoms with van der Waals surface area (Å²) >= 11 is 17.7. The Morgan fingerprint density at radius 1 is 1.18 bits per heavy atom. The lowest BCUT2D eigenvalue weighted by Gasteiger charge is -2.13. The number of nitrogens with zero attached hydrogens (tertiary/aromatic N) is 2. The van der Waals surface area contributed by atoms with Crippen LogP contribution in [0.1, 0.15) is 17.4 Å². The molecule has 0 aliphatic carbocycles. The Hall–Kier alpha value is -0.740. The van der Waals surface area contributed by atoms with E-state index in [9.17, 15) is 5.11 Å². The summed E-state index contributed by atoms with van der Waals surface area (Å²) in [6.07, 6.45) is 0.568. The van der Waals surface area contributed by atoms with E-state index in [4.69, 9.17) is 34.8 Å². The van der Waals surface area contributed by atoms with Crippen LogP contribution in [0.25, 0.3) is 0 Å². The third-order valence-electron chi connectivity index (χ3n) is 2.40. The number of aryl methyl sites for hydroxylation is 1. The van der Waals surface area contributed by atoms with Gasteiger partial charge in [0, 0.05) is 17.1 Å². The standard InChI is InChI=1S/C11H9Cl3N2O/c1-16-10(9(14)5-15-16)11(17)6-2-7(12)4-8(13)3-6/h2-5,11,17H,1H3. The Bertz CT molecular complexity index is 514. The Labute approximate surface area is 114 Å². The van der Waals surface area contributed by atoms with E-state index in [1.165, 1.54) is 10.9 Å². The first kappa shape index (κ1) is 12.7. The first-order chi connectivity index (χ1) is 7.99. The number of hydrogen-bond acceptors (Lipinski definition) is 2. The summed E-state index contributed by atoms with van der Waals surface area (Å²) in [5, 5.41) is 15.5. The largest absolute Gasteiger partial charge is 0.382 e. The molecule has 1 aromatic carbocycles. The molecular weight excluding hydrogens is 282 g/mol. The van der Waals surface area contributed by atoms with Gasteiger partial charge in [0.15, 0.2) is 0 Å². The summed E-state index contributed by atoms with van der Waals surface area (Å²) in [7, 11) is 1.70. The molecule has 17 heavy (non-hydrogen) atoms. The number of hydrogen-bond donors (Lipinski definition) is 1. The molecule has 1 atom stereocenters. The van der Waals surface area contributed by atoms with Crippen LogP contribution in [0.15, 0.2) is 24.4 Å².